The van der Waals surface area contributed by atoms with E-state index in [4.69, 9.17) is 4.42 Å². The topological polar surface area (TPSA) is 30.2 Å². The van der Waals surface area contributed by atoms with E-state index in [0.717, 1.165) is 17.3 Å². The van der Waals surface area contributed by atoms with Crippen molar-refractivity contribution in [3.63, 3.8) is 0 Å². The predicted octanol–water partition coefficient (Wildman–Crippen LogP) is 6.15. The molecule has 0 amide bonds. The lowest BCUT2D eigenvalue weighted by Gasteiger charge is -2.01. The molecule has 108 valence electrons. The number of hydrogen-bond donors (Lipinski definition) is 0. The highest BCUT2D eigenvalue weighted by Crippen LogP contribution is 2.20. The molecule has 0 bridgehead atoms. The smallest absolute Gasteiger partial charge is 0.199 e. The van der Waals surface area contributed by atoms with Crippen LogP contribution in [0.1, 0.15) is 81.7 Å². The van der Waals surface area contributed by atoms with Crippen LogP contribution in [0, 0.1) is 0 Å². The quantitative estimate of drug-likeness (QED) is 0.360. The summed E-state index contributed by atoms with van der Waals surface area (Å²) in [6.07, 6.45) is 13.6. The van der Waals surface area contributed by atoms with E-state index in [2.05, 4.69) is 22.9 Å². The minimum Gasteiger partial charge on any atom is -0.460 e. The summed E-state index contributed by atoms with van der Waals surface area (Å²) < 4.78 is 5.93. The summed E-state index contributed by atoms with van der Waals surface area (Å²) in [7, 11) is 0. The summed E-state index contributed by atoms with van der Waals surface area (Å²) in [5.74, 6) is 0.583. The lowest BCUT2D eigenvalue weighted by atomic mass is 10.1. The third-order valence-corrected chi connectivity index (χ3v) is 4.00. The highest BCUT2D eigenvalue weighted by atomic mass is 79.9. The van der Waals surface area contributed by atoms with Crippen molar-refractivity contribution in [2.24, 2.45) is 0 Å². The first-order valence-electron chi connectivity index (χ1n) is 7.52. The average Bonchev–Trinajstić information content (AvgIpc) is 2.83. The van der Waals surface area contributed by atoms with Crippen LogP contribution in [0.4, 0.5) is 0 Å². The van der Waals surface area contributed by atoms with Crippen molar-refractivity contribution in [3.8, 4) is 0 Å². The molecule has 0 saturated heterocycles. The van der Waals surface area contributed by atoms with Gasteiger partial charge in [0.1, 0.15) is 0 Å². The van der Waals surface area contributed by atoms with Crippen LogP contribution in [0.15, 0.2) is 21.2 Å². The summed E-state index contributed by atoms with van der Waals surface area (Å²) >= 11 is 3.32. The lowest BCUT2D eigenvalue weighted by molar-refractivity contribution is 0.0951. The molecule has 0 aromatic carbocycles. The van der Waals surface area contributed by atoms with Gasteiger partial charge in [0.25, 0.3) is 0 Å². The zero-order valence-corrected chi connectivity index (χ0v) is 13.5. The molecule has 1 aromatic heterocycles. The first kappa shape index (κ1) is 16.5. The van der Waals surface area contributed by atoms with Crippen molar-refractivity contribution in [2.45, 2.75) is 71.1 Å². The summed E-state index contributed by atoms with van der Waals surface area (Å²) in [5.41, 5.74) is 0. The minimum atomic E-state index is 0.111. The zero-order valence-electron chi connectivity index (χ0n) is 11.9. The second-order valence-corrected chi connectivity index (χ2v) is 5.95. The molecule has 0 unspecified atom stereocenters. The van der Waals surface area contributed by atoms with E-state index in [-0.39, 0.29) is 5.78 Å². The molecule has 19 heavy (non-hydrogen) atoms. The van der Waals surface area contributed by atoms with E-state index >= 15 is 0 Å². The van der Waals surface area contributed by atoms with Gasteiger partial charge in [-0.2, -0.15) is 0 Å². The molecule has 0 atom stereocenters. The number of Topliss-reactive ketones (excluding diaryl/α,β-unsaturated/α-hetero) is 1. The number of furan rings is 1. The van der Waals surface area contributed by atoms with Crippen LogP contribution in [0.2, 0.25) is 0 Å². The zero-order chi connectivity index (χ0) is 13.9. The Labute approximate surface area is 125 Å². The van der Waals surface area contributed by atoms with Gasteiger partial charge < -0.3 is 4.42 Å². The Morgan fingerprint density at radius 3 is 2.16 bits per heavy atom. The van der Waals surface area contributed by atoms with Crippen molar-refractivity contribution >= 4 is 21.7 Å². The number of hydrogen-bond acceptors (Lipinski definition) is 2. The Kier molecular flexibility index (Phi) is 8.89. The Morgan fingerprint density at radius 2 is 1.63 bits per heavy atom. The Hall–Kier alpha value is -0.570. The highest BCUT2D eigenvalue weighted by Gasteiger charge is 2.12. The van der Waals surface area contributed by atoms with Gasteiger partial charge in [0.2, 0.25) is 0 Å². The van der Waals surface area contributed by atoms with Gasteiger partial charge in [0.05, 0.1) is 10.7 Å². The summed E-state index contributed by atoms with van der Waals surface area (Å²) in [4.78, 5) is 11.8. The summed E-state index contributed by atoms with van der Waals surface area (Å²) in [6.45, 7) is 2.24. The van der Waals surface area contributed by atoms with Gasteiger partial charge >= 0.3 is 0 Å². The number of ketones is 1. The molecule has 0 saturated carbocycles. The number of carbonyl (C=O) groups excluding carboxylic acids is 1. The van der Waals surface area contributed by atoms with E-state index in [1.807, 2.05) is 0 Å². The van der Waals surface area contributed by atoms with Crippen molar-refractivity contribution in [1.82, 2.24) is 0 Å². The van der Waals surface area contributed by atoms with Crippen LogP contribution >= 0.6 is 15.9 Å². The standard InChI is InChI=1S/C16H25BrO2/c1-2-3-4-5-6-7-8-9-10-11-15(18)16-14(17)12-13-19-16/h12-13H,2-11H2,1H3. The van der Waals surface area contributed by atoms with Gasteiger partial charge in [-0.25, -0.2) is 0 Å². The Balaban J connectivity index is 1.96. The average molecular weight is 329 g/mol. The SMILES string of the molecule is CCCCCCCCCCCC(=O)c1occc1Br. The van der Waals surface area contributed by atoms with Gasteiger partial charge in [0, 0.05) is 6.42 Å². The fourth-order valence-electron chi connectivity index (χ4n) is 2.20. The molecule has 2 nitrogen and oxygen atoms in total. The monoisotopic (exact) mass is 328 g/mol. The Morgan fingerprint density at radius 1 is 1.05 bits per heavy atom. The Bertz CT molecular complexity index is 357. The van der Waals surface area contributed by atoms with Gasteiger partial charge in [-0.3, -0.25) is 4.79 Å². The maximum absolute atomic E-state index is 11.8. The van der Waals surface area contributed by atoms with Crippen molar-refractivity contribution < 1.29 is 9.21 Å². The molecule has 0 aliphatic heterocycles. The molecule has 1 aromatic rings. The number of carbonyl (C=O) groups is 1. The second kappa shape index (κ2) is 10.2. The normalized spacial score (nSPS) is 10.8. The first-order valence-corrected chi connectivity index (χ1v) is 8.31. The lowest BCUT2D eigenvalue weighted by Crippen LogP contribution is -1.97. The molecule has 0 N–H and O–H groups in total. The van der Waals surface area contributed by atoms with Gasteiger partial charge in [-0.1, -0.05) is 58.3 Å². The number of rotatable bonds is 11. The van der Waals surface area contributed by atoms with Crippen molar-refractivity contribution in [3.05, 3.63) is 22.6 Å². The number of halogens is 1. The molecule has 0 fully saturated rings. The third kappa shape index (κ3) is 6.95. The molecular formula is C16H25BrO2. The fraction of sp³-hybridized carbons (Fsp3) is 0.688. The van der Waals surface area contributed by atoms with Gasteiger partial charge in [0.15, 0.2) is 11.5 Å². The maximum atomic E-state index is 11.8. The highest BCUT2D eigenvalue weighted by molar-refractivity contribution is 9.10. The van der Waals surface area contributed by atoms with Crippen LogP contribution in [0.25, 0.3) is 0 Å². The molecule has 0 spiro atoms. The number of unbranched alkanes of at least 4 members (excludes halogenated alkanes) is 8. The summed E-state index contributed by atoms with van der Waals surface area (Å²) in [6, 6.07) is 1.77. The van der Waals surface area contributed by atoms with Crippen LogP contribution in [-0.4, -0.2) is 5.78 Å². The predicted molar refractivity (Wildman–Crippen MR) is 82.6 cm³/mol. The summed E-state index contributed by atoms with van der Waals surface area (Å²) in [5, 5.41) is 0. The molecule has 3 heteroatoms. The van der Waals surface area contributed by atoms with Crippen LogP contribution in [-0.2, 0) is 0 Å². The van der Waals surface area contributed by atoms with Crippen LogP contribution in [0.5, 0.6) is 0 Å². The molecule has 0 aliphatic carbocycles. The van der Waals surface area contributed by atoms with Crippen molar-refractivity contribution in [1.29, 1.82) is 0 Å². The molecule has 1 rings (SSSR count). The van der Waals surface area contributed by atoms with Crippen molar-refractivity contribution in [2.75, 3.05) is 0 Å². The third-order valence-electron chi connectivity index (χ3n) is 3.38. The van der Waals surface area contributed by atoms with Crippen LogP contribution < -0.4 is 0 Å². The van der Waals surface area contributed by atoms with E-state index in [9.17, 15) is 4.79 Å². The molecule has 1 heterocycles. The largest absolute Gasteiger partial charge is 0.460 e. The first-order chi connectivity index (χ1) is 9.25. The molecule has 0 radical (unpaired) electrons. The van der Waals surface area contributed by atoms with E-state index in [0.29, 0.717) is 12.2 Å². The van der Waals surface area contributed by atoms with E-state index in [1.54, 1.807) is 12.3 Å². The van der Waals surface area contributed by atoms with Gasteiger partial charge in [-0.05, 0) is 28.4 Å². The maximum Gasteiger partial charge on any atom is 0.199 e. The minimum absolute atomic E-state index is 0.111. The van der Waals surface area contributed by atoms with E-state index < -0.39 is 0 Å². The molecule has 0 aliphatic rings. The second-order valence-electron chi connectivity index (χ2n) is 5.10. The van der Waals surface area contributed by atoms with E-state index in [1.165, 1.54) is 44.9 Å². The van der Waals surface area contributed by atoms with Gasteiger partial charge in [-0.15, -0.1) is 0 Å². The molecular weight excluding hydrogens is 304 g/mol. The van der Waals surface area contributed by atoms with Crippen LogP contribution in [0.3, 0.4) is 0 Å². The fourth-order valence-corrected chi connectivity index (χ4v) is 2.62.